The lowest BCUT2D eigenvalue weighted by molar-refractivity contribution is -0.137. The Labute approximate surface area is 181 Å². The number of benzene rings is 2. The first kappa shape index (κ1) is 24.0. The summed E-state index contributed by atoms with van der Waals surface area (Å²) in [6.45, 7) is -0.339. The van der Waals surface area contributed by atoms with Crippen molar-refractivity contribution in [1.82, 2.24) is 10.2 Å². The third-order valence-corrected chi connectivity index (χ3v) is 4.35. The number of amides is 4. The number of rotatable bonds is 7. The van der Waals surface area contributed by atoms with E-state index in [2.05, 4.69) is 16.0 Å². The molecule has 2 aromatic carbocycles. The number of likely N-dealkylation sites (N-methyl/N-ethyl adjacent to an activating group) is 1. The van der Waals surface area contributed by atoms with Crippen LogP contribution in [0.15, 0.2) is 48.5 Å². The Balaban J connectivity index is 1.78. The zero-order valence-electron chi connectivity index (χ0n) is 16.4. The van der Waals surface area contributed by atoms with E-state index in [-0.39, 0.29) is 25.2 Å². The molecule has 3 N–H and O–H groups in total. The van der Waals surface area contributed by atoms with Gasteiger partial charge < -0.3 is 20.9 Å². The van der Waals surface area contributed by atoms with E-state index < -0.39 is 34.6 Å². The van der Waals surface area contributed by atoms with Crippen molar-refractivity contribution in [1.29, 1.82) is 0 Å². The second-order valence-electron chi connectivity index (χ2n) is 6.49. The highest BCUT2D eigenvalue weighted by Crippen LogP contribution is 2.36. The normalized spacial score (nSPS) is 10.9. The first-order chi connectivity index (χ1) is 14.6. The van der Waals surface area contributed by atoms with Gasteiger partial charge in [0, 0.05) is 31.4 Å². The quantitative estimate of drug-likeness (QED) is 0.589. The minimum Gasteiger partial charge on any atom is -0.337 e. The van der Waals surface area contributed by atoms with Crippen LogP contribution in [0.4, 0.5) is 29.3 Å². The van der Waals surface area contributed by atoms with Gasteiger partial charge in [-0.1, -0.05) is 29.8 Å². The fourth-order valence-electron chi connectivity index (χ4n) is 2.49. The molecular weight excluding hydrogens is 437 g/mol. The Hall–Kier alpha value is -3.27. The second kappa shape index (κ2) is 10.7. The molecule has 0 aliphatic rings. The third-order valence-electron chi connectivity index (χ3n) is 4.02. The smallest absolute Gasteiger partial charge is 0.337 e. The molecule has 7 nitrogen and oxygen atoms in total. The number of nitrogens with zero attached hydrogens (tertiary/aromatic N) is 1. The zero-order valence-corrected chi connectivity index (χ0v) is 17.2. The maximum atomic E-state index is 12.9. The summed E-state index contributed by atoms with van der Waals surface area (Å²) >= 11 is 5.54. The van der Waals surface area contributed by atoms with Crippen molar-refractivity contribution in [3.8, 4) is 0 Å². The van der Waals surface area contributed by atoms with Gasteiger partial charge in [-0.3, -0.25) is 9.59 Å². The van der Waals surface area contributed by atoms with Gasteiger partial charge in [0.05, 0.1) is 17.1 Å². The topological polar surface area (TPSA) is 90.5 Å². The molecule has 0 radical (unpaired) electrons. The molecule has 0 saturated carbocycles. The van der Waals surface area contributed by atoms with Crippen LogP contribution in [0.1, 0.15) is 12.0 Å². The number of hydrogen-bond acceptors (Lipinski definition) is 3. The van der Waals surface area contributed by atoms with Crippen LogP contribution in [0.25, 0.3) is 0 Å². The summed E-state index contributed by atoms with van der Waals surface area (Å²) in [5.41, 5.74) is -0.575. The summed E-state index contributed by atoms with van der Waals surface area (Å²) in [5, 5.41) is 6.93. The van der Waals surface area contributed by atoms with E-state index in [4.69, 9.17) is 11.6 Å². The molecule has 0 unspecified atom stereocenters. The van der Waals surface area contributed by atoms with E-state index in [1.807, 2.05) is 0 Å². The number of carbonyl (C=O) groups is 3. The lowest BCUT2D eigenvalue weighted by Crippen LogP contribution is -2.37. The SMILES string of the molecule is CN(CC(=O)Nc1ccc(Cl)c(C(F)(F)F)c1)C(=O)CCNC(=O)Nc1ccccc1. The van der Waals surface area contributed by atoms with E-state index in [1.54, 1.807) is 30.3 Å². The van der Waals surface area contributed by atoms with Crippen molar-refractivity contribution in [2.45, 2.75) is 12.6 Å². The lowest BCUT2D eigenvalue weighted by Gasteiger charge is -2.17. The molecule has 0 aliphatic heterocycles. The highest BCUT2D eigenvalue weighted by atomic mass is 35.5. The summed E-state index contributed by atoms with van der Waals surface area (Å²) in [7, 11) is 1.37. The van der Waals surface area contributed by atoms with E-state index in [0.29, 0.717) is 5.69 Å². The molecule has 0 spiro atoms. The maximum Gasteiger partial charge on any atom is 0.417 e. The molecule has 0 aromatic heterocycles. The van der Waals surface area contributed by atoms with Crippen LogP contribution in [0.3, 0.4) is 0 Å². The van der Waals surface area contributed by atoms with Gasteiger partial charge in [-0.25, -0.2) is 4.79 Å². The molecule has 0 fully saturated rings. The van der Waals surface area contributed by atoms with Crippen molar-refractivity contribution >= 4 is 40.8 Å². The number of urea groups is 1. The molecule has 0 saturated heterocycles. The first-order valence-electron chi connectivity index (χ1n) is 9.06. The Kier molecular flexibility index (Phi) is 8.26. The van der Waals surface area contributed by atoms with Crippen molar-refractivity contribution < 1.29 is 27.6 Å². The largest absolute Gasteiger partial charge is 0.417 e. The Morgan fingerprint density at radius 2 is 1.68 bits per heavy atom. The molecule has 11 heteroatoms. The van der Waals surface area contributed by atoms with Crippen molar-refractivity contribution in [2.24, 2.45) is 0 Å². The third kappa shape index (κ3) is 7.82. The Bertz CT molecular complexity index is 939. The van der Waals surface area contributed by atoms with Gasteiger partial charge in [0.25, 0.3) is 0 Å². The summed E-state index contributed by atoms with van der Waals surface area (Å²) in [6.07, 6.45) is -4.73. The van der Waals surface area contributed by atoms with Crippen LogP contribution in [0, 0.1) is 0 Å². The van der Waals surface area contributed by atoms with Gasteiger partial charge in [0.2, 0.25) is 11.8 Å². The van der Waals surface area contributed by atoms with Crippen LogP contribution >= 0.6 is 11.6 Å². The molecule has 0 aliphatic carbocycles. The van der Waals surface area contributed by atoms with Crippen LogP contribution in [0.2, 0.25) is 5.02 Å². The molecule has 31 heavy (non-hydrogen) atoms. The van der Waals surface area contributed by atoms with Crippen LogP contribution in [-0.4, -0.2) is 42.9 Å². The fourth-order valence-corrected chi connectivity index (χ4v) is 2.72. The fraction of sp³-hybridized carbons (Fsp3) is 0.250. The molecule has 4 amide bonds. The van der Waals surface area contributed by atoms with Gasteiger partial charge in [-0.05, 0) is 30.3 Å². The monoisotopic (exact) mass is 456 g/mol. The van der Waals surface area contributed by atoms with Crippen molar-refractivity contribution in [3.05, 3.63) is 59.1 Å². The van der Waals surface area contributed by atoms with E-state index in [9.17, 15) is 27.6 Å². The highest BCUT2D eigenvalue weighted by Gasteiger charge is 2.33. The molecule has 2 rings (SSSR count). The number of alkyl halides is 3. The number of halogens is 4. The minimum atomic E-state index is -4.66. The first-order valence-corrected chi connectivity index (χ1v) is 9.44. The highest BCUT2D eigenvalue weighted by molar-refractivity contribution is 6.31. The molecule has 166 valence electrons. The zero-order chi connectivity index (χ0) is 23.0. The number of hydrogen-bond donors (Lipinski definition) is 3. The number of anilines is 2. The lowest BCUT2D eigenvalue weighted by atomic mass is 10.2. The van der Waals surface area contributed by atoms with Crippen LogP contribution in [-0.2, 0) is 15.8 Å². The summed E-state index contributed by atoms with van der Waals surface area (Å²) in [6, 6.07) is 11.2. The summed E-state index contributed by atoms with van der Waals surface area (Å²) in [4.78, 5) is 37.0. The standard InChI is InChI=1S/C20H20ClF3N4O3/c1-28(18(30)9-10-25-19(31)27-13-5-3-2-4-6-13)12-17(29)26-14-7-8-16(21)15(11-14)20(22,23)24/h2-8,11H,9-10,12H2,1H3,(H,26,29)(H2,25,27,31). The molecule has 2 aromatic rings. The molecule has 0 heterocycles. The van der Waals surface area contributed by atoms with E-state index in [1.165, 1.54) is 13.1 Å². The molecule has 0 atom stereocenters. The predicted octanol–water partition coefficient (Wildman–Crippen LogP) is 3.97. The molecule has 0 bridgehead atoms. The molecular formula is C20H20ClF3N4O3. The van der Waals surface area contributed by atoms with Crippen LogP contribution < -0.4 is 16.0 Å². The number of carbonyl (C=O) groups excluding carboxylic acids is 3. The van der Waals surface area contributed by atoms with Gasteiger partial charge in [-0.15, -0.1) is 0 Å². The predicted molar refractivity (Wildman–Crippen MR) is 111 cm³/mol. The van der Waals surface area contributed by atoms with E-state index >= 15 is 0 Å². The Morgan fingerprint density at radius 3 is 2.32 bits per heavy atom. The van der Waals surface area contributed by atoms with Crippen molar-refractivity contribution in [3.63, 3.8) is 0 Å². The van der Waals surface area contributed by atoms with Crippen molar-refractivity contribution in [2.75, 3.05) is 30.8 Å². The van der Waals surface area contributed by atoms with Crippen LogP contribution in [0.5, 0.6) is 0 Å². The second-order valence-corrected chi connectivity index (χ2v) is 6.89. The van der Waals surface area contributed by atoms with Gasteiger partial charge in [0.1, 0.15) is 0 Å². The van der Waals surface area contributed by atoms with Gasteiger partial charge in [-0.2, -0.15) is 13.2 Å². The van der Waals surface area contributed by atoms with E-state index in [0.717, 1.165) is 17.0 Å². The minimum absolute atomic E-state index is 0.0373. The average molecular weight is 457 g/mol. The number of para-hydroxylation sites is 1. The van der Waals surface area contributed by atoms with Gasteiger partial charge >= 0.3 is 12.2 Å². The summed E-state index contributed by atoms with van der Waals surface area (Å²) < 4.78 is 38.7. The number of nitrogens with one attached hydrogen (secondary N) is 3. The maximum absolute atomic E-state index is 12.9. The Morgan fingerprint density at radius 1 is 1.00 bits per heavy atom. The average Bonchev–Trinajstić information content (AvgIpc) is 2.69. The van der Waals surface area contributed by atoms with Gasteiger partial charge in [0.15, 0.2) is 0 Å². The summed E-state index contributed by atoms with van der Waals surface area (Å²) in [5.74, 6) is -1.11.